The molecule has 0 saturated carbocycles. The van der Waals surface area contributed by atoms with Crippen molar-refractivity contribution in [3.05, 3.63) is 71.8 Å². The summed E-state index contributed by atoms with van der Waals surface area (Å²) in [6, 6.07) is 21.4. The third kappa shape index (κ3) is 2.57. The molecule has 3 aliphatic rings. The zero-order valence-corrected chi connectivity index (χ0v) is 14.0. The Morgan fingerprint density at radius 1 is 1.04 bits per heavy atom. The molecule has 4 unspecified atom stereocenters. The molecule has 3 aliphatic heterocycles. The summed E-state index contributed by atoms with van der Waals surface area (Å²) in [5.41, 5.74) is 9.22. The number of aliphatic hydroxyl groups is 1. The summed E-state index contributed by atoms with van der Waals surface area (Å²) in [6.07, 6.45) is 3.27. The molecule has 3 heteroatoms. The molecule has 0 radical (unpaired) electrons. The molecule has 0 amide bonds. The van der Waals surface area contributed by atoms with Gasteiger partial charge in [-0.1, -0.05) is 60.7 Å². The Balaban J connectivity index is 1.81. The third-order valence-corrected chi connectivity index (χ3v) is 5.95. The van der Waals surface area contributed by atoms with Crippen LogP contribution in [0.4, 0.5) is 0 Å². The van der Waals surface area contributed by atoms with E-state index < -0.39 is 5.66 Å². The highest BCUT2D eigenvalue weighted by molar-refractivity contribution is 5.37. The van der Waals surface area contributed by atoms with Crippen LogP contribution in [0.25, 0.3) is 0 Å². The summed E-state index contributed by atoms with van der Waals surface area (Å²) < 4.78 is 0. The fraction of sp³-hybridized carbons (Fsp3) is 0.429. The molecular weight excluding hydrogens is 296 g/mol. The highest BCUT2D eigenvalue weighted by Gasteiger charge is 2.52. The highest BCUT2D eigenvalue weighted by Crippen LogP contribution is 2.48. The van der Waals surface area contributed by atoms with Crippen molar-refractivity contribution < 1.29 is 5.11 Å². The van der Waals surface area contributed by atoms with Gasteiger partial charge in [0.2, 0.25) is 0 Å². The van der Waals surface area contributed by atoms with Crippen LogP contribution in [-0.2, 0) is 0 Å². The van der Waals surface area contributed by atoms with Crippen molar-refractivity contribution in [2.75, 3.05) is 13.2 Å². The molecule has 3 saturated heterocycles. The Hall–Kier alpha value is -1.68. The van der Waals surface area contributed by atoms with E-state index in [0.29, 0.717) is 5.92 Å². The molecule has 0 spiro atoms. The maximum absolute atomic E-state index is 9.87. The first-order valence-corrected chi connectivity index (χ1v) is 8.99. The molecule has 0 aliphatic carbocycles. The standard InChI is InChI=1S/C21H26N2O/c22-21(14-16-11-12-23(21)19(13-16)15-24)20(17-7-3-1-4-8-17)18-9-5-2-6-10-18/h1-10,16,19-20,24H,11-15,22H2. The summed E-state index contributed by atoms with van der Waals surface area (Å²) in [4.78, 5) is 2.39. The fourth-order valence-corrected chi connectivity index (χ4v) is 4.96. The fourth-order valence-electron chi connectivity index (χ4n) is 4.96. The quantitative estimate of drug-likeness (QED) is 0.910. The minimum absolute atomic E-state index is 0.122. The SMILES string of the molecule is NC1(C(c2ccccc2)c2ccccc2)CC2CCN1C(CO)C2. The van der Waals surface area contributed by atoms with Crippen molar-refractivity contribution in [2.45, 2.75) is 36.9 Å². The topological polar surface area (TPSA) is 49.5 Å². The Kier molecular flexibility index (Phi) is 4.17. The van der Waals surface area contributed by atoms with E-state index in [1.807, 2.05) is 0 Å². The van der Waals surface area contributed by atoms with Gasteiger partial charge in [0.05, 0.1) is 12.3 Å². The maximum atomic E-state index is 9.87. The summed E-state index contributed by atoms with van der Waals surface area (Å²) in [6.45, 7) is 1.19. The molecule has 126 valence electrons. The molecular formula is C21H26N2O. The van der Waals surface area contributed by atoms with E-state index in [4.69, 9.17) is 5.73 Å². The molecule has 2 bridgehead atoms. The van der Waals surface area contributed by atoms with Crippen LogP contribution in [-0.4, -0.2) is 34.9 Å². The highest BCUT2D eigenvalue weighted by atomic mass is 16.3. The monoisotopic (exact) mass is 322 g/mol. The molecule has 5 rings (SSSR count). The number of aliphatic hydroxyl groups excluding tert-OH is 1. The molecule has 3 nitrogen and oxygen atoms in total. The summed E-state index contributed by atoms with van der Waals surface area (Å²) in [7, 11) is 0. The predicted octanol–water partition coefficient (Wildman–Crippen LogP) is 2.95. The first kappa shape index (κ1) is 15.8. The number of piperidine rings is 3. The summed E-state index contributed by atoms with van der Waals surface area (Å²) in [5, 5.41) is 9.87. The van der Waals surface area contributed by atoms with Crippen molar-refractivity contribution in [1.29, 1.82) is 0 Å². The number of fused-ring (bicyclic) bond motifs is 3. The second-order valence-corrected chi connectivity index (χ2v) is 7.37. The lowest BCUT2D eigenvalue weighted by Gasteiger charge is -2.59. The van der Waals surface area contributed by atoms with Gasteiger partial charge in [-0.15, -0.1) is 0 Å². The largest absolute Gasteiger partial charge is 0.395 e. The second kappa shape index (κ2) is 6.32. The van der Waals surface area contributed by atoms with Crippen molar-refractivity contribution in [1.82, 2.24) is 4.90 Å². The number of nitrogens with two attached hydrogens (primary N) is 1. The Morgan fingerprint density at radius 3 is 2.12 bits per heavy atom. The maximum Gasteiger partial charge on any atom is 0.0805 e. The molecule has 3 heterocycles. The van der Waals surface area contributed by atoms with Crippen LogP contribution in [0.3, 0.4) is 0 Å². The Bertz CT molecular complexity index is 635. The first-order chi connectivity index (χ1) is 11.7. The van der Waals surface area contributed by atoms with Gasteiger partial charge in [-0.2, -0.15) is 0 Å². The van der Waals surface area contributed by atoms with E-state index in [1.54, 1.807) is 0 Å². The van der Waals surface area contributed by atoms with Crippen LogP contribution in [0.2, 0.25) is 0 Å². The normalized spacial score (nSPS) is 32.2. The van der Waals surface area contributed by atoms with E-state index in [1.165, 1.54) is 17.5 Å². The molecule has 3 fully saturated rings. The minimum atomic E-state index is -0.433. The average molecular weight is 322 g/mol. The van der Waals surface area contributed by atoms with Gasteiger partial charge in [0.1, 0.15) is 0 Å². The number of rotatable bonds is 4. The van der Waals surface area contributed by atoms with Gasteiger partial charge in [-0.25, -0.2) is 0 Å². The van der Waals surface area contributed by atoms with Crippen LogP contribution in [0.15, 0.2) is 60.7 Å². The van der Waals surface area contributed by atoms with Gasteiger partial charge >= 0.3 is 0 Å². The van der Waals surface area contributed by atoms with Crippen LogP contribution in [0.5, 0.6) is 0 Å². The molecule has 2 aromatic rings. The molecule has 0 aromatic heterocycles. The third-order valence-electron chi connectivity index (χ3n) is 5.95. The Labute approximate surface area is 144 Å². The smallest absolute Gasteiger partial charge is 0.0805 e. The Morgan fingerprint density at radius 2 is 1.62 bits per heavy atom. The van der Waals surface area contributed by atoms with Gasteiger partial charge in [0.15, 0.2) is 0 Å². The van der Waals surface area contributed by atoms with Crippen molar-refractivity contribution >= 4 is 0 Å². The van der Waals surface area contributed by atoms with Crippen molar-refractivity contribution in [3.63, 3.8) is 0 Å². The zero-order valence-electron chi connectivity index (χ0n) is 14.0. The van der Waals surface area contributed by atoms with Crippen LogP contribution >= 0.6 is 0 Å². The van der Waals surface area contributed by atoms with Crippen molar-refractivity contribution in [2.24, 2.45) is 11.7 Å². The molecule has 2 aromatic carbocycles. The second-order valence-electron chi connectivity index (χ2n) is 7.37. The lowest BCUT2D eigenvalue weighted by Crippen LogP contribution is -2.70. The number of nitrogens with zero attached hydrogens (tertiary/aromatic N) is 1. The van der Waals surface area contributed by atoms with E-state index in [9.17, 15) is 5.11 Å². The summed E-state index contributed by atoms with van der Waals surface area (Å²) in [5.74, 6) is 0.740. The van der Waals surface area contributed by atoms with E-state index in [-0.39, 0.29) is 18.6 Å². The number of hydrogen-bond acceptors (Lipinski definition) is 3. The molecule has 3 N–H and O–H groups in total. The van der Waals surface area contributed by atoms with E-state index in [0.717, 1.165) is 19.4 Å². The lowest BCUT2D eigenvalue weighted by atomic mass is 9.68. The molecule has 24 heavy (non-hydrogen) atoms. The zero-order chi connectivity index (χ0) is 16.6. The molecule has 4 atom stereocenters. The van der Waals surface area contributed by atoms with Gasteiger partial charge in [0, 0.05) is 18.5 Å². The number of hydrogen-bond donors (Lipinski definition) is 2. The predicted molar refractivity (Wildman–Crippen MR) is 96.6 cm³/mol. The van der Waals surface area contributed by atoms with Gasteiger partial charge < -0.3 is 10.8 Å². The van der Waals surface area contributed by atoms with Gasteiger partial charge in [-0.3, -0.25) is 4.90 Å². The van der Waals surface area contributed by atoms with Gasteiger partial charge in [0.25, 0.3) is 0 Å². The van der Waals surface area contributed by atoms with Crippen LogP contribution in [0, 0.1) is 5.92 Å². The van der Waals surface area contributed by atoms with Crippen LogP contribution in [0.1, 0.15) is 36.3 Å². The summed E-state index contributed by atoms with van der Waals surface area (Å²) >= 11 is 0. The van der Waals surface area contributed by atoms with E-state index in [2.05, 4.69) is 65.6 Å². The van der Waals surface area contributed by atoms with E-state index >= 15 is 0 Å². The minimum Gasteiger partial charge on any atom is -0.395 e. The van der Waals surface area contributed by atoms with Gasteiger partial charge in [-0.05, 0) is 36.3 Å². The number of benzene rings is 2. The average Bonchev–Trinajstić information content (AvgIpc) is 2.63. The first-order valence-electron chi connectivity index (χ1n) is 8.99. The van der Waals surface area contributed by atoms with Crippen molar-refractivity contribution in [3.8, 4) is 0 Å². The lowest BCUT2D eigenvalue weighted by molar-refractivity contribution is -0.0911. The van der Waals surface area contributed by atoms with Crippen LogP contribution < -0.4 is 5.73 Å².